The van der Waals surface area contributed by atoms with Crippen molar-refractivity contribution in [1.29, 1.82) is 0 Å². The van der Waals surface area contributed by atoms with E-state index in [0.29, 0.717) is 0 Å². The van der Waals surface area contributed by atoms with E-state index in [0.717, 1.165) is 0 Å². The summed E-state index contributed by atoms with van der Waals surface area (Å²) in [7, 11) is 1.49. The zero-order valence-corrected chi connectivity index (χ0v) is 5.48. The van der Waals surface area contributed by atoms with E-state index in [9.17, 15) is 4.79 Å². The number of hydrogen-bond donors (Lipinski definition) is 2. The zero-order valence-electron chi connectivity index (χ0n) is 5.48. The lowest BCUT2D eigenvalue weighted by atomic mass is 10.2. The molecule has 0 spiro atoms. The van der Waals surface area contributed by atoms with Crippen molar-refractivity contribution < 1.29 is 9.90 Å². The molecule has 1 atom stereocenters. The van der Waals surface area contributed by atoms with Gasteiger partial charge in [0.05, 0.1) is 6.54 Å². The second kappa shape index (κ2) is 4.66. The summed E-state index contributed by atoms with van der Waals surface area (Å²) >= 11 is 0. The average molecular weight is 142 g/mol. The molecule has 0 aromatic carbocycles. The van der Waals surface area contributed by atoms with Gasteiger partial charge in [-0.2, -0.15) is 0 Å². The average Bonchev–Trinajstić information content (AvgIpc) is 1.89. The lowest BCUT2D eigenvalue weighted by Gasteiger charge is -2.05. The Morgan fingerprint density at radius 1 is 2.00 bits per heavy atom. The second-order valence-electron chi connectivity index (χ2n) is 1.59. The van der Waals surface area contributed by atoms with Crippen LogP contribution >= 0.6 is 0 Å². The third kappa shape index (κ3) is 2.96. The van der Waals surface area contributed by atoms with E-state index in [2.05, 4.69) is 15.3 Å². The predicted molar refractivity (Wildman–Crippen MR) is 37.1 cm³/mol. The number of hydrogen-bond acceptors (Lipinski definition) is 3. The Morgan fingerprint density at radius 3 is 2.90 bits per heavy atom. The van der Waals surface area contributed by atoms with Crippen molar-refractivity contribution in [2.45, 2.75) is 6.04 Å². The molecule has 54 valence electrons. The lowest BCUT2D eigenvalue weighted by Crippen LogP contribution is -2.37. The molecule has 0 aromatic heterocycles. The van der Waals surface area contributed by atoms with Crippen molar-refractivity contribution in [3.8, 4) is 0 Å². The van der Waals surface area contributed by atoms with Crippen LogP contribution < -0.4 is 5.23 Å². The predicted octanol–water partition coefficient (Wildman–Crippen LogP) is -1.11. The van der Waals surface area contributed by atoms with Crippen molar-refractivity contribution >= 4 is 14.0 Å². The van der Waals surface area contributed by atoms with Crippen LogP contribution in [0.3, 0.4) is 0 Å². The second-order valence-corrected chi connectivity index (χ2v) is 1.59. The maximum absolute atomic E-state index is 10.2. The van der Waals surface area contributed by atoms with E-state index in [1.807, 2.05) is 0 Å². The smallest absolute Gasteiger partial charge is 0.319 e. The number of nitrogens with one attached hydrogen (secondary N) is 1. The van der Waals surface area contributed by atoms with E-state index in [1.54, 1.807) is 0 Å². The molecule has 0 heterocycles. The number of rotatable bonds is 4. The summed E-state index contributed by atoms with van der Waals surface area (Å²) in [6.45, 7) is -0.0671. The summed E-state index contributed by atoms with van der Waals surface area (Å²) in [6.07, 6.45) is 0. The van der Waals surface area contributed by atoms with Crippen LogP contribution in [-0.4, -0.2) is 31.6 Å². The van der Waals surface area contributed by atoms with Gasteiger partial charge in [0.2, 0.25) is 0 Å². The minimum absolute atomic E-state index is 0.0671. The molecule has 0 fully saturated rings. The Labute approximate surface area is 58.3 Å². The monoisotopic (exact) mass is 142 g/mol. The molecular formula is C3H7BN4O2. The van der Waals surface area contributed by atoms with Crippen LogP contribution in [0.4, 0.5) is 0 Å². The molecule has 7 heteroatoms. The molecule has 1 unspecified atom stereocenters. The summed E-state index contributed by atoms with van der Waals surface area (Å²) in [6, 6.07) is -0.782. The summed E-state index contributed by atoms with van der Waals surface area (Å²) in [5, 5.41) is 13.9. The lowest BCUT2D eigenvalue weighted by molar-refractivity contribution is -0.138. The van der Waals surface area contributed by atoms with Crippen LogP contribution in [0.15, 0.2) is 5.11 Å². The van der Waals surface area contributed by atoms with Crippen LogP contribution in [-0.2, 0) is 4.79 Å². The topological polar surface area (TPSA) is 98.1 Å². The van der Waals surface area contributed by atoms with Gasteiger partial charge in [0.1, 0.15) is 6.04 Å². The summed E-state index contributed by atoms with van der Waals surface area (Å²) in [4.78, 5) is 12.6. The van der Waals surface area contributed by atoms with E-state index in [4.69, 9.17) is 10.6 Å². The van der Waals surface area contributed by atoms with Crippen LogP contribution in [0.25, 0.3) is 10.4 Å². The van der Waals surface area contributed by atoms with Crippen molar-refractivity contribution in [3.63, 3.8) is 0 Å². The van der Waals surface area contributed by atoms with E-state index in [-0.39, 0.29) is 6.54 Å². The first-order chi connectivity index (χ1) is 4.72. The number of carboxylic acid groups (broad SMARTS) is 1. The van der Waals surface area contributed by atoms with Gasteiger partial charge in [0.25, 0.3) is 0 Å². The number of carbonyl (C=O) groups is 1. The number of azide groups is 1. The molecule has 0 aromatic rings. The number of nitrogens with zero attached hydrogens (tertiary/aromatic N) is 3. The van der Waals surface area contributed by atoms with Gasteiger partial charge in [-0.3, -0.25) is 4.79 Å². The minimum atomic E-state index is -1.02. The highest BCUT2D eigenvalue weighted by Crippen LogP contribution is 1.83. The summed E-state index contributed by atoms with van der Waals surface area (Å²) in [5.74, 6) is -1.02. The normalized spacial score (nSPS) is 11.6. The van der Waals surface area contributed by atoms with Crippen molar-refractivity contribution in [1.82, 2.24) is 5.23 Å². The SMILES string of the molecule is BNC(CN=[N+]=[N-])C(=O)O. The van der Waals surface area contributed by atoms with Gasteiger partial charge < -0.3 is 10.3 Å². The van der Waals surface area contributed by atoms with Gasteiger partial charge in [-0.1, -0.05) is 5.11 Å². The highest BCUT2D eigenvalue weighted by atomic mass is 16.4. The standard InChI is InChI=1S/C3H7BN4O2/c4-7-2(3(9)10)1-6-8-5/h2,7H,1,4H2,(H,9,10). The number of carboxylic acids is 1. The fourth-order valence-corrected chi connectivity index (χ4v) is 0.411. The Morgan fingerprint density at radius 2 is 2.60 bits per heavy atom. The van der Waals surface area contributed by atoms with Crippen molar-refractivity contribution in [3.05, 3.63) is 10.4 Å². The largest absolute Gasteiger partial charge is 0.480 e. The molecular weight excluding hydrogens is 135 g/mol. The van der Waals surface area contributed by atoms with Gasteiger partial charge in [0, 0.05) is 4.91 Å². The molecule has 0 bridgehead atoms. The third-order valence-electron chi connectivity index (χ3n) is 0.974. The van der Waals surface area contributed by atoms with Crippen LogP contribution in [0.2, 0.25) is 0 Å². The Balaban J connectivity index is 3.82. The van der Waals surface area contributed by atoms with Crippen molar-refractivity contribution in [2.24, 2.45) is 5.11 Å². The van der Waals surface area contributed by atoms with E-state index < -0.39 is 12.0 Å². The maximum Gasteiger partial charge on any atom is 0.319 e. The highest BCUT2D eigenvalue weighted by Gasteiger charge is 2.11. The van der Waals surface area contributed by atoms with Crippen LogP contribution in [0, 0.1) is 0 Å². The van der Waals surface area contributed by atoms with E-state index >= 15 is 0 Å². The molecule has 0 rings (SSSR count). The van der Waals surface area contributed by atoms with Gasteiger partial charge in [-0.05, 0) is 5.53 Å². The molecule has 0 saturated carbocycles. The zero-order chi connectivity index (χ0) is 7.98. The number of aliphatic carboxylic acids is 1. The Hall–Kier alpha value is -1.20. The Kier molecular flexibility index (Phi) is 4.10. The van der Waals surface area contributed by atoms with Gasteiger partial charge >= 0.3 is 5.97 Å². The van der Waals surface area contributed by atoms with Gasteiger partial charge in [-0.15, -0.1) is 0 Å². The molecule has 0 aliphatic rings. The van der Waals surface area contributed by atoms with Crippen molar-refractivity contribution in [2.75, 3.05) is 6.54 Å². The molecule has 0 aliphatic carbocycles. The Bertz CT molecular complexity index is 166. The highest BCUT2D eigenvalue weighted by molar-refractivity contribution is 6.06. The fourth-order valence-electron chi connectivity index (χ4n) is 0.411. The maximum atomic E-state index is 10.2. The van der Waals surface area contributed by atoms with Gasteiger partial charge in [0.15, 0.2) is 7.98 Å². The minimum Gasteiger partial charge on any atom is -0.480 e. The van der Waals surface area contributed by atoms with Gasteiger partial charge in [-0.25, -0.2) is 0 Å². The molecule has 0 saturated heterocycles. The quantitative estimate of drug-likeness (QED) is 0.225. The molecule has 0 aliphatic heterocycles. The first-order valence-electron chi connectivity index (χ1n) is 2.63. The van der Waals surface area contributed by atoms with Crippen LogP contribution in [0.1, 0.15) is 0 Å². The van der Waals surface area contributed by atoms with E-state index in [1.165, 1.54) is 7.98 Å². The summed E-state index contributed by atoms with van der Waals surface area (Å²) in [5.41, 5.74) is 7.83. The summed E-state index contributed by atoms with van der Waals surface area (Å²) < 4.78 is 0. The molecule has 0 amide bonds. The van der Waals surface area contributed by atoms with Crippen LogP contribution in [0.5, 0.6) is 0 Å². The molecule has 6 nitrogen and oxygen atoms in total. The molecule has 10 heavy (non-hydrogen) atoms. The first-order valence-corrected chi connectivity index (χ1v) is 2.63. The fraction of sp³-hybridized carbons (Fsp3) is 0.667. The molecule has 0 radical (unpaired) electrons. The molecule has 2 N–H and O–H groups in total. The third-order valence-corrected chi connectivity index (χ3v) is 0.974. The first kappa shape index (κ1) is 8.80.